The molecule has 0 heterocycles. The predicted octanol–water partition coefficient (Wildman–Crippen LogP) is 4.37. The van der Waals surface area contributed by atoms with Gasteiger partial charge in [-0.2, -0.15) is 4.72 Å². The van der Waals surface area contributed by atoms with Gasteiger partial charge in [0.05, 0.1) is 22.9 Å². The van der Waals surface area contributed by atoms with Crippen LogP contribution in [0, 0.1) is 0 Å². The van der Waals surface area contributed by atoms with Crippen LogP contribution >= 0.6 is 0 Å². The van der Waals surface area contributed by atoms with Crippen LogP contribution in [0.25, 0.3) is 0 Å². The van der Waals surface area contributed by atoms with Gasteiger partial charge in [0.15, 0.2) is 0 Å². The highest BCUT2D eigenvalue weighted by atomic mass is 32.2. The summed E-state index contributed by atoms with van der Waals surface area (Å²) in [4.78, 5) is 0.0420. The number of methoxy groups -OCH3 is 1. The molecule has 9 heteroatoms. The van der Waals surface area contributed by atoms with Gasteiger partial charge in [-0.1, -0.05) is 61.7 Å². The number of nitrogens with one attached hydrogen (secondary N) is 2. The van der Waals surface area contributed by atoms with Crippen molar-refractivity contribution in [1.29, 1.82) is 0 Å². The zero-order valence-electron chi connectivity index (χ0n) is 19.6. The molecule has 1 fully saturated rings. The molecule has 0 saturated heterocycles. The molecule has 0 spiro atoms. The lowest BCUT2D eigenvalue weighted by Gasteiger charge is -2.22. The Morgan fingerprint density at radius 2 is 1.26 bits per heavy atom. The first-order valence-electron chi connectivity index (χ1n) is 11.6. The topological polar surface area (TPSA) is 102 Å². The van der Waals surface area contributed by atoms with Gasteiger partial charge < -0.3 is 4.74 Å². The van der Waals surface area contributed by atoms with Crippen molar-refractivity contribution in [3.8, 4) is 5.75 Å². The van der Waals surface area contributed by atoms with Crippen LogP contribution in [0.1, 0.15) is 49.3 Å². The second-order valence-corrected chi connectivity index (χ2v) is 12.1. The maximum Gasteiger partial charge on any atom is 0.241 e. The molecule has 0 amide bonds. The monoisotopic (exact) mass is 514 g/mol. The van der Waals surface area contributed by atoms with E-state index >= 15 is 0 Å². The van der Waals surface area contributed by atoms with E-state index in [4.69, 9.17) is 4.74 Å². The van der Waals surface area contributed by atoms with Gasteiger partial charge in [-0.05, 0) is 60.4 Å². The largest absolute Gasteiger partial charge is 0.497 e. The van der Waals surface area contributed by atoms with E-state index in [1.54, 1.807) is 19.2 Å². The first kappa shape index (κ1) is 25.4. The van der Waals surface area contributed by atoms with Crippen molar-refractivity contribution in [1.82, 2.24) is 9.44 Å². The third kappa shape index (κ3) is 6.29. The molecule has 0 bridgehead atoms. The fourth-order valence-electron chi connectivity index (χ4n) is 4.30. The van der Waals surface area contributed by atoms with Crippen molar-refractivity contribution in [2.75, 3.05) is 7.11 Å². The highest BCUT2D eigenvalue weighted by Crippen LogP contribution is 2.27. The van der Waals surface area contributed by atoms with Crippen LogP contribution in [0.5, 0.6) is 5.75 Å². The Balaban J connectivity index is 1.57. The van der Waals surface area contributed by atoms with E-state index in [2.05, 4.69) is 9.44 Å². The summed E-state index contributed by atoms with van der Waals surface area (Å²) in [5.41, 5.74) is 1.52. The van der Waals surface area contributed by atoms with Crippen LogP contribution in [0.3, 0.4) is 0 Å². The Morgan fingerprint density at radius 3 is 1.83 bits per heavy atom. The first-order chi connectivity index (χ1) is 16.8. The minimum Gasteiger partial charge on any atom is -0.497 e. The minimum atomic E-state index is -3.96. The molecule has 0 aromatic heterocycles. The molecule has 3 aromatic rings. The summed E-state index contributed by atoms with van der Waals surface area (Å²) in [6.45, 7) is 0. The van der Waals surface area contributed by atoms with E-state index in [0.717, 1.165) is 43.2 Å². The Hall–Kier alpha value is -2.72. The van der Waals surface area contributed by atoms with E-state index in [0.29, 0.717) is 5.75 Å². The lowest BCUT2D eigenvalue weighted by molar-refractivity contribution is 0.412. The third-order valence-electron chi connectivity index (χ3n) is 6.23. The number of sulfonamides is 2. The van der Waals surface area contributed by atoms with Crippen LogP contribution in [-0.2, 0) is 20.0 Å². The fourth-order valence-corrected chi connectivity index (χ4v) is 6.82. The molecule has 3 aromatic carbocycles. The van der Waals surface area contributed by atoms with E-state index in [1.165, 1.54) is 24.3 Å². The van der Waals surface area contributed by atoms with Crippen LogP contribution in [0.15, 0.2) is 88.7 Å². The lowest BCUT2D eigenvalue weighted by atomic mass is 9.96. The van der Waals surface area contributed by atoms with Crippen LogP contribution in [0.2, 0.25) is 0 Å². The van der Waals surface area contributed by atoms with E-state index in [-0.39, 0.29) is 15.8 Å². The molecule has 1 aliphatic rings. The van der Waals surface area contributed by atoms with E-state index < -0.39 is 26.1 Å². The lowest BCUT2D eigenvalue weighted by Crippen LogP contribution is -2.36. The zero-order valence-corrected chi connectivity index (χ0v) is 21.2. The van der Waals surface area contributed by atoms with Gasteiger partial charge in [0.25, 0.3) is 0 Å². The Bertz CT molecular complexity index is 1320. The summed E-state index contributed by atoms with van der Waals surface area (Å²) in [6.07, 6.45) is 4.78. The summed E-state index contributed by atoms with van der Waals surface area (Å²) in [5, 5.41) is 0. The second-order valence-electron chi connectivity index (χ2n) is 8.67. The molecule has 1 saturated carbocycles. The predicted molar refractivity (Wildman–Crippen MR) is 135 cm³/mol. The van der Waals surface area contributed by atoms with Gasteiger partial charge >= 0.3 is 0 Å². The summed E-state index contributed by atoms with van der Waals surface area (Å²) >= 11 is 0. The highest BCUT2D eigenvalue weighted by molar-refractivity contribution is 7.90. The quantitative estimate of drug-likeness (QED) is 0.441. The second kappa shape index (κ2) is 10.9. The van der Waals surface area contributed by atoms with Gasteiger partial charge in [-0.15, -0.1) is 0 Å². The van der Waals surface area contributed by atoms with Crippen molar-refractivity contribution in [2.24, 2.45) is 0 Å². The van der Waals surface area contributed by atoms with Crippen molar-refractivity contribution in [3.05, 3.63) is 90.0 Å². The van der Waals surface area contributed by atoms with E-state index in [9.17, 15) is 16.8 Å². The Labute approximate surface area is 207 Å². The van der Waals surface area contributed by atoms with Crippen LogP contribution < -0.4 is 14.2 Å². The highest BCUT2D eigenvalue weighted by Gasteiger charge is 2.25. The molecule has 2 N–H and O–H groups in total. The molecule has 1 atom stereocenters. The molecule has 0 unspecified atom stereocenters. The third-order valence-corrected chi connectivity index (χ3v) is 9.20. The molecule has 186 valence electrons. The van der Waals surface area contributed by atoms with Gasteiger partial charge in [-0.25, -0.2) is 21.6 Å². The number of hydrogen-bond acceptors (Lipinski definition) is 5. The van der Waals surface area contributed by atoms with Crippen molar-refractivity contribution in [2.45, 2.75) is 54.0 Å². The van der Waals surface area contributed by atoms with Crippen LogP contribution in [-0.4, -0.2) is 30.0 Å². The number of rotatable bonds is 9. The molecule has 1 aliphatic carbocycles. The Morgan fingerprint density at radius 1 is 0.714 bits per heavy atom. The van der Waals surface area contributed by atoms with Gasteiger partial charge in [-0.3, -0.25) is 0 Å². The minimum absolute atomic E-state index is 0.0106. The average molecular weight is 515 g/mol. The summed E-state index contributed by atoms with van der Waals surface area (Å²) in [6, 6.07) is 21.1. The average Bonchev–Trinajstić information content (AvgIpc) is 2.88. The molecule has 7 nitrogen and oxygen atoms in total. The van der Waals surface area contributed by atoms with Gasteiger partial charge in [0.2, 0.25) is 20.0 Å². The maximum absolute atomic E-state index is 13.3. The van der Waals surface area contributed by atoms with Crippen molar-refractivity contribution >= 4 is 20.0 Å². The molecular weight excluding hydrogens is 484 g/mol. The summed E-state index contributed by atoms with van der Waals surface area (Å²) in [7, 11) is -6.10. The fraction of sp³-hybridized carbons (Fsp3) is 0.308. The Kier molecular flexibility index (Phi) is 7.91. The zero-order chi connectivity index (χ0) is 24.9. The number of benzene rings is 3. The normalized spacial score (nSPS) is 16.0. The molecule has 0 radical (unpaired) electrons. The smallest absolute Gasteiger partial charge is 0.241 e. The van der Waals surface area contributed by atoms with Gasteiger partial charge in [0, 0.05) is 6.04 Å². The van der Waals surface area contributed by atoms with Crippen molar-refractivity contribution < 1.29 is 21.6 Å². The van der Waals surface area contributed by atoms with E-state index in [1.807, 2.05) is 42.5 Å². The van der Waals surface area contributed by atoms with Crippen molar-refractivity contribution in [3.63, 3.8) is 0 Å². The standard InChI is InChI=1S/C26H30N2O5S2/c1-33-23-14-12-21(13-15-23)26(20-8-4-2-5-9-20)28-35(31,32)25-18-16-24(17-19-25)34(29,30)27-22-10-6-3-7-11-22/h2,4-5,8-9,12-19,22,26-28H,3,6-7,10-11H2,1H3/t26-/m1/s1. The number of hydrogen-bond donors (Lipinski definition) is 2. The molecular formula is C26H30N2O5S2. The molecule has 0 aliphatic heterocycles. The van der Waals surface area contributed by atoms with Crippen LogP contribution in [0.4, 0.5) is 0 Å². The number of ether oxygens (including phenoxy) is 1. The van der Waals surface area contributed by atoms with Gasteiger partial charge in [0.1, 0.15) is 5.75 Å². The molecule has 4 rings (SSSR count). The summed E-state index contributed by atoms with van der Waals surface area (Å²) in [5.74, 6) is 0.669. The SMILES string of the molecule is COc1ccc([C@H](NS(=O)(=O)c2ccc(S(=O)(=O)NC3CCCCC3)cc2)c2ccccc2)cc1. The maximum atomic E-state index is 13.3. The first-order valence-corrected chi connectivity index (χ1v) is 14.6. The summed E-state index contributed by atoms with van der Waals surface area (Å²) < 4.78 is 62.9. The molecule has 35 heavy (non-hydrogen) atoms.